The van der Waals surface area contributed by atoms with Gasteiger partial charge in [0, 0.05) is 44.0 Å². The summed E-state index contributed by atoms with van der Waals surface area (Å²) in [5, 5.41) is 3.61. The number of ether oxygens (including phenoxy) is 1. The van der Waals surface area contributed by atoms with Crippen molar-refractivity contribution < 1.29 is 4.74 Å². The number of hydrogen-bond donors (Lipinski definition) is 1. The Morgan fingerprint density at radius 1 is 1.25 bits per heavy atom. The quantitative estimate of drug-likeness (QED) is 0.895. The van der Waals surface area contributed by atoms with E-state index in [4.69, 9.17) is 4.74 Å². The van der Waals surface area contributed by atoms with Gasteiger partial charge < -0.3 is 15.0 Å². The molecule has 4 rings (SSSR count). The molecule has 0 radical (unpaired) electrons. The molecule has 3 aliphatic rings. The molecule has 3 nitrogen and oxygen atoms in total. The van der Waals surface area contributed by atoms with Crippen molar-refractivity contribution >= 4 is 5.69 Å². The Labute approximate surface area is 121 Å². The van der Waals surface area contributed by atoms with Gasteiger partial charge in [0.1, 0.15) is 0 Å². The Morgan fingerprint density at radius 3 is 3.00 bits per heavy atom. The molecule has 2 saturated heterocycles. The maximum Gasteiger partial charge on any atom is 0.0469 e. The predicted octanol–water partition coefficient (Wildman–Crippen LogP) is 2.48. The molecule has 0 aromatic heterocycles. The lowest BCUT2D eigenvalue weighted by atomic mass is 9.82. The maximum atomic E-state index is 5.48. The highest BCUT2D eigenvalue weighted by Gasteiger charge is 2.44. The highest BCUT2D eigenvalue weighted by molar-refractivity contribution is 5.60. The van der Waals surface area contributed by atoms with Gasteiger partial charge in [-0.15, -0.1) is 0 Å². The number of likely N-dealkylation sites (tertiary alicyclic amines) is 1. The van der Waals surface area contributed by atoms with Crippen molar-refractivity contribution in [1.82, 2.24) is 4.90 Å². The first kappa shape index (κ1) is 12.7. The number of hydrogen-bond acceptors (Lipinski definition) is 3. The van der Waals surface area contributed by atoms with Gasteiger partial charge in [-0.25, -0.2) is 0 Å². The molecule has 1 spiro atoms. The zero-order valence-electron chi connectivity index (χ0n) is 12.1. The largest absolute Gasteiger partial charge is 0.384 e. The van der Waals surface area contributed by atoms with E-state index in [1.807, 2.05) is 0 Å². The fourth-order valence-electron chi connectivity index (χ4n) is 4.23. The molecule has 2 fully saturated rings. The van der Waals surface area contributed by atoms with E-state index in [-0.39, 0.29) is 0 Å². The average Bonchev–Trinajstić information content (AvgIpc) is 3.07. The minimum absolute atomic E-state index is 0.377. The molecule has 1 aromatic carbocycles. The summed E-state index contributed by atoms with van der Waals surface area (Å²) in [6.45, 7) is 6.81. The third kappa shape index (κ3) is 2.13. The SMILES string of the molecule is c1ccc2c(c1)NCC21CCN(CC2CCOCC2)C1. The van der Waals surface area contributed by atoms with Crippen LogP contribution in [-0.4, -0.2) is 44.3 Å². The average molecular weight is 272 g/mol. The fraction of sp³-hybridized carbons (Fsp3) is 0.647. The zero-order chi connectivity index (χ0) is 13.4. The van der Waals surface area contributed by atoms with Gasteiger partial charge in [-0.05, 0) is 43.4 Å². The summed E-state index contributed by atoms with van der Waals surface area (Å²) in [5.74, 6) is 0.850. The van der Waals surface area contributed by atoms with Crippen LogP contribution in [0.25, 0.3) is 0 Å². The first-order valence-corrected chi connectivity index (χ1v) is 7.99. The third-order valence-corrected chi connectivity index (χ3v) is 5.41. The number of rotatable bonds is 2. The van der Waals surface area contributed by atoms with Crippen LogP contribution < -0.4 is 5.32 Å². The van der Waals surface area contributed by atoms with Gasteiger partial charge in [-0.1, -0.05) is 18.2 Å². The summed E-state index contributed by atoms with van der Waals surface area (Å²) < 4.78 is 5.48. The van der Waals surface area contributed by atoms with E-state index in [0.717, 1.165) is 25.7 Å². The van der Waals surface area contributed by atoms with E-state index in [1.165, 1.54) is 44.6 Å². The van der Waals surface area contributed by atoms with Crippen LogP contribution in [0.5, 0.6) is 0 Å². The molecule has 0 aliphatic carbocycles. The Bertz CT molecular complexity index is 484. The molecule has 3 heteroatoms. The second-order valence-electron chi connectivity index (χ2n) is 6.72. The molecule has 0 bridgehead atoms. The topological polar surface area (TPSA) is 24.5 Å². The third-order valence-electron chi connectivity index (χ3n) is 5.41. The summed E-state index contributed by atoms with van der Waals surface area (Å²) in [5.41, 5.74) is 3.29. The molecule has 1 atom stereocenters. The van der Waals surface area contributed by atoms with Crippen LogP contribution >= 0.6 is 0 Å². The number of nitrogens with zero attached hydrogens (tertiary/aromatic N) is 1. The number of nitrogens with one attached hydrogen (secondary N) is 1. The molecule has 3 aliphatic heterocycles. The molecule has 3 heterocycles. The number of para-hydroxylation sites is 1. The molecule has 1 aromatic rings. The van der Waals surface area contributed by atoms with Crippen LogP contribution in [0.2, 0.25) is 0 Å². The smallest absolute Gasteiger partial charge is 0.0469 e. The molecular formula is C17H24N2O. The summed E-state index contributed by atoms with van der Waals surface area (Å²) in [6.07, 6.45) is 3.80. The predicted molar refractivity (Wildman–Crippen MR) is 81.2 cm³/mol. The first-order chi connectivity index (χ1) is 9.86. The monoisotopic (exact) mass is 272 g/mol. The van der Waals surface area contributed by atoms with Crippen molar-refractivity contribution in [3.8, 4) is 0 Å². The second kappa shape index (κ2) is 5.05. The molecule has 0 amide bonds. The van der Waals surface area contributed by atoms with Crippen molar-refractivity contribution in [2.75, 3.05) is 44.7 Å². The van der Waals surface area contributed by atoms with E-state index in [2.05, 4.69) is 34.5 Å². The van der Waals surface area contributed by atoms with Gasteiger partial charge in [0.2, 0.25) is 0 Å². The number of anilines is 1. The standard InChI is InChI=1S/C17H24N2O/c1-2-4-16-15(3-1)17(12-18-16)7-8-19(13-17)11-14-5-9-20-10-6-14/h1-4,14,18H,5-13H2. The first-order valence-electron chi connectivity index (χ1n) is 7.99. The van der Waals surface area contributed by atoms with Crippen LogP contribution in [-0.2, 0) is 10.2 Å². The van der Waals surface area contributed by atoms with E-state index >= 15 is 0 Å². The van der Waals surface area contributed by atoms with Crippen LogP contribution in [0.3, 0.4) is 0 Å². The second-order valence-corrected chi connectivity index (χ2v) is 6.72. The summed E-state index contributed by atoms with van der Waals surface area (Å²) in [7, 11) is 0. The van der Waals surface area contributed by atoms with Crippen molar-refractivity contribution in [3.63, 3.8) is 0 Å². The molecule has 1 N–H and O–H groups in total. The van der Waals surface area contributed by atoms with E-state index in [0.29, 0.717) is 5.41 Å². The van der Waals surface area contributed by atoms with Crippen LogP contribution in [0.1, 0.15) is 24.8 Å². The van der Waals surface area contributed by atoms with Crippen molar-refractivity contribution in [3.05, 3.63) is 29.8 Å². The van der Waals surface area contributed by atoms with Crippen LogP contribution in [0.15, 0.2) is 24.3 Å². The van der Waals surface area contributed by atoms with E-state index in [9.17, 15) is 0 Å². The summed E-state index contributed by atoms with van der Waals surface area (Å²) >= 11 is 0. The number of fused-ring (bicyclic) bond motifs is 2. The maximum absolute atomic E-state index is 5.48. The highest BCUT2D eigenvalue weighted by Crippen LogP contribution is 2.43. The van der Waals surface area contributed by atoms with Crippen LogP contribution in [0, 0.1) is 5.92 Å². The minimum Gasteiger partial charge on any atom is -0.384 e. The van der Waals surface area contributed by atoms with Crippen molar-refractivity contribution in [1.29, 1.82) is 0 Å². The number of benzene rings is 1. The highest BCUT2D eigenvalue weighted by atomic mass is 16.5. The Balaban J connectivity index is 1.45. The summed E-state index contributed by atoms with van der Waals surface area (Å²) in [4.78, 5) is 2.69. The van der Waals surface area contributed by atoms with Gasteiger partial charge in [-0.3, -0.25) is 0 Å². The Kier molecular flexibility index (Phi) is 3.20. The van der Waals surface area contributed by atoms with Gasteiger partial charge in [0.05, 0.1) is 0 Å². The normalized spacial score (nSPS) is 30.6. The lowest BCUT2D eigenvalue weighted by Crippen LogP contribution is -2.36. The minimum atomic E-state index is 0.377. The van der Waals surface area contributed by atoms with Gasteiger partial charge in [0.25, 0.3) is 0 Å². The lowest BCUT2D eigenvalue weighted by molar-refractivity contribution is 0.0549. The Hall–Kier alpha value is -1.06. The molecule has 1 unspecified atom stereocenters. The summed E-state index contributed by atoms with van der Waals surface area (Å²) in [6, 6.07) is 8.88. The van der Waals surface area contributed by atoms with Crippen molar-refractivity contribution in [2.45, 2.75) is 24.7 Å². The zero-order valence-corrected chi connectivity index (χ0v) is 12.1. The molecule has 108 valence electrons. The Morgan fingerprint density at radius 2 is 2.10 bits per heavy atom. The molecule has 0 saturated carbocycles. The van der Waals surface area contributed by atoms with E-state index < -0.39 is 0 Å². The van der Waals surface area contributed by atoms with Crippen LogP contribution in [0.4, 0.5) is 5.69 Å². The molecular weight excluding hydrogens is 248 g/mol. The van der Waals surface area contributed by atoms with E-state index in [1.54, 1.807) is 5.56 Å². The fourth-order valence-corrected chi connectivity index (χ4v) is 4.23. The van der Waals surface area contributed by atoms with Crippen molar-refractivity contribution in [2.24, 2.45) is 5.92 Å². The van der Waals surface area contributed by atoms with Gasteiger partial charge >= 0.3 is 0 Å². The van der Waals surface area contributed by atoms with Gasteiger partial charge in [-0.2, -0.15) is 0 Å². The van der Waals surface area contributed by atoms with Gasteiger partial charge in [0.15, 0.2) is 0 Å². The lowest BCUT2D eigenvalue weighted by Gasteiger charge is -2.29. The molecule has 20 heavy (non-hydrogen) atoms.